The van der Waals surface area contributed by atoms with Gasteiger partial charge in [-0.05, 0) is 43.7 Å². The molecule has 1 saturated heterocycles. The van der Waals surface area contributed by atoms with E-state index in [0.717, 1.165) is 35.4 Å². The normalized spacial score (nSPS) is 16.4. The van der Waals surface area contributed by atoms with Crippen LogP contribution >= 0.6 is 11.6 Å². The van der Waals surface area contributed by atoms with E-state index in [0.29, 0.717) is 36.1 Å². The van der Waals surface area contributed by atoms with Gasteiger partial charge in [0, 0.05) is 16.0 Å². The number of amides is 1. The van der Waals surface area contributed by atoms with Crippen molar-refractivity contribution in [3.8, 4) is 0 Å². The molecule has 148 valence electrons. The average Bonchev–Trinajstić information content (AvgIpc) is 3.33. The van der Waals surface area contributed by atoms with Crippen LogP contribution in [0.4, 0.5) is 0 Å². The van der Waals surface area contributed by atoms with Crippen LogP contribution in [0, 0.1) is 13.8 Å². The van der Waals surface area contributed by atoms with Crippen LogP contribution in [0.2, 0.25) is 5.02 Å². The van der Waals surface area contributed by atoms with Gasteiger partial charge in [0.2, 0.25) is 0 Å². The van der Waals surface area contributed by atoms with Gasteiger partial charge in [0.25, 0.3) is 5.91 Å². The maximum Gasteiger partial charge on any atom is 0.287 e. The van der Waals surface area contributed by atoms with Crippen LogP contribution < -0.4 is 10.2 Å². The Bertz CT molecular complexity index is 974. The van der Waals surface area contributed by atoms with Crippen molar-refractivity contribution in [2.75, 3.05) is 32.8 Å². The minimum Gasteiger partial charge on any atom is -0.463 e. The Morgan fingerprint density at radius 3 is 2.79 bits per heavy atom. The lowest BCUT2D eigenvalue weighted by molar-refractivity contribution is -0.938. The number of rotatable bonds is 5. The van der Waals surface area contributed by atoms with Crippen LogP contribution in [-0.4, -0.2) is 38.8 Å². The first-order chi connectivity index (χ1) is 13.5. The molecule has 3 heterocycles. The lowest BCUT2D eigenvalue weighted by Gasteiger charge is -2.30. The fourth-order valence-electron chi connectivity index (χ4n) is 3.75. The van der Waals surface area contributed by atoms with Crippen LogP contribution in [0.25, 0.3) is 11.0 Å². The van der Waals surface area contributed by atoms with E-state index < -0.39 is 0 Å². The molecule has 4 rings (SSSR count). The second-order valence-electron chi connectivity index (χ2n) is 7.20. The molecular weight excluding hydrogens is 380 g/mol. The first-order valence-electron chi connectivity index (χ1n) is 9.47. The number of ether oxygens (including phenoxy) is 1. The van der Waals surface area contributed by atoms with Crippen molar-refractivity contribution >= 4 is 28.5 Å². The Labute approximate surface area is 168 Å². The molecule has 2 N–H and O–H groups in total. The predicted octanol–water partition coefficient (Wildman–Crippen LogP) is 2.68. The van der Waals surface area contributed by atoms with Crippen molar-refractivity contribution < 1.29 is 23.3 Å². The van der Waals surface area contributed by atoms with Crippen molar-refractivity contribution in [3.05, 3.63) is 58.2 Å². The van der Waals surface area contributed by atoms with Gasteiger partial charge in [-0.1, -0.05) is 11.6 Å². The molecule has 1 aromatic carbocycles. The molecule has 0 spiro atoms. The molecule has 0 unspecified atom stereocenters. The Hall–Kier alpha value is -2.28. The zero-order chi connectivity index (χ0) is 19.7. The van der Waals surface area contributed by atoms with E-state index in [4.69, 9.17) is 25.2 Å². The average molecular weight is 404 g/mol. The lowest BCUT2D eigenvalue weighted by atomic mass is 10.1. The number of hydrogen-bond acceptors (Lipinski definition) is 4. The molecule has 0 saturated carbocycles. The number of carbonyl (C=O) groups is 1. The third kappa shape index (κ3) is 3.68. The van der Waals surface area contributed by atoms with E-state index >= 15 is 0 Å². The van der Waals surface area contributed by atoms with E-state index in [1.54, 1.807) is 6.26 Å². The number of hydrogen-bond donors (Lipinski definition) is 2. The van der Waals surface area contributed by atoms with E-state index in [9.17, 15) is 4.79 Å². The molecule has 3 aromatic rings. The van der Waals surface area contributed by atoms with E-state index in [-0.39, 0.29) is 11.9 Å². The fourth-order valence-corrected chi connectivity index (χ4v) is 3.91. The van der Waals surface area contributed by atoms with E-state index in [1.165, 1.54) is 4.90 Å². The zero-order valence-corrected chi connectivity index (χ0v) is 16.8. The highest BCUT2D eigenvalue weighted by molar-refractivity contribution is 6.32. The molecule has 0 aliphatic carbocycles. The van der Waals surface area contributed by atoms with Gasteiger partial charge in [-0.2, -0.15) is 0 Å². The van der Waals surface area contributed by atoms with Crippen LogP contribution in [0.5, 0.6) is 0 Å². The summed E-state index contributed by atoms with van der Waals surface area (Å²) >= 11 is 6.23. The Kier molecular flexibility index (Phi) is 5.44. The van der Waals surface area contributed by atoms with Gasteiger partial charge < -0.3 is 23.8 Å². The molecule has 28 heavy (non-hydrogen) atoms. The summed E-state index contributed by atoms with van der Waals surface area (Å²) < 4.78 is 16.9. The molecule has 2 aromatic heterocycles. The molecule has 0 bridgehead atoms. The third-order valence-electron chi connectivity index (χ3n) is 5.40. The summed E-state index contributed by atoms with van der Waals surface area (Å²) in [5, 5.41) is 4.56. The summed E-state index contributed by atoms with van der Waals surface area (Å²) in [6.45, 7) is 7.43. The predicted molar refractivity (Wildman–Crippen MR) is 106 cm³/mol. The number of nitrogens with one attached hydrogen (secondary N) is 2. The van der Waals surface area contributed by atoms with E-state index in [2.05, 4.69) is 5.32 Å². The minimum absolute atomic E-state index is 0.0317. The van der Waals surface area contributed by atoms with Gasteiger partial charge in [-0.25, -0.2) is 0 Å². The monoisotopic (exact) mass is 403 g/mol. The lowest BCUT2D eigenvalue weighted by Crippen LogP contribution is -3.15. The molecule has 0 radical (unpaired) electrons. The van der Waals surface area contributed by atoms with Crippen molar-refractivity contribution in [1.82, 2.24) is 5.32 Å². The zero-order valence-electron chi connectivity index (χ0n) is 16.0. The number of quaternary nitrogens is 1. The van der Waals surface area contributed by atoms with Gasteiger partial charge in [-0.3, -0.25) is 4.79 Å². The van der Waals surface area contributed by atoms with E-state index in [1.807, 2.05) is 38.1 Å². The Balaban J connectivity index is 1.53. The number of morpholine rings is 1. The number of carbonyl (C=O) groups excluding carboxylic acids is 1. The Morgan fingerprint density at radius 2 is 2.07 bits per heavy atom. The number of furan rings is 2. The highest BCUT2D eigenvalue weighted by Gasteiger charge is 2.30. The quantitative estimate of drug-likeness (QED) is 0.687. The third-order valence-corrected chi connectivity index (χ3v) is 5.81. The highest BCUT2D eigenvalue weighted by atomic mass is 35.5. The van der Waals surface area contributed by atoms with Crippen LogP contribution in [0.1, 0.15) is 33.5 Å². The minimum atomic E-state index is -0.230. The van der Waals surface area contributed by atoms with Gasteiger partial charge in [0.15, 0.2) is 17.6 Å². The topological polar surface area (TPSA) is 69.0 Å². The second-order valence-corrected chi connectivity index (χ2v) is 7.61. The number of halogens is 1. The van der Waals surface area contributed by atoms with Crippen molar-refractivity contribution in [2.45, 2.75) is 19.9 Å². The SMILES string of the molecule is Cc1cc2oc(C(=O)NC[C@H](c3ccco3)[NH+]3CCOCC3)c(C)c2cc1Cl. The van der Waals surface area contributed by atoms with Crippen molar-refractivity contribution in [3.63, 3.8) is 0 Å². The molecule has 7 heteroatoms. The summed E-state index contributed by atoms with van der Waals surface area (Å²) in [7, 11) is 0. The van der Waals surface area contributed by atoms with Crippen LogP contribution in [0.15, 0.2) is 39.4 Å². The van der Waals surface area contributed by atoms with Gasteiger partial charge >= 0.3 is 0 Å². The molecular formula is C21H24ClN2O4+. The second kappa shape index (κ2) is 7.99. The number of benzene rings is 1. The fraction of sp³-hybridized carbons (Fsp3) is 0.381. The molecule has 6 nitrogen and oxygen atoms in total. The first-order valence-corrected chi connectivity index (χ1v) is 9.85. The molecule has 1 aliphatic heterocycles. The summed E-state index contributed by atoms with van der Waals surface area (Å²) in [6.07, 6.45) is 1.67. The maximum absolute atomic E-state index is 12.9. The molecule has 1 aliphatic rings. The summed E-state index contributed by atoms with van der Waals surface area (Å²) in [4.78, 5) is 14.2. The maximum atomic E-state index is 12.9. The Morgan fingerprint density at radius 1 is 1.29 bits per heavy atom. The van der Waals surface area contributed by atoms with Crippen LogP contribution in [-0.2, 0) is 4.74 Å². The molecule has 1 atom stereocenters. The van der Waals surface area contributed by atoms with Gasteiger partial charge in [0.05, 0.1) is 26.0 Å². The molecule has 1 fully saturated rings. The standard InChI is InChI=1S/C21H23ClN2O4/c1-13-10-19-15(11-16(13)22)14(2)20(28-19)21(25)23-12-17(18-4-3-7-27-18)24-5-8-26-9-6-24/h3-4,7,10-11,17H,5-6,8-9,12H2,1-2H3,(H,23,25)/p+1/t17-/m1/s1. The first kappa shape index (κ1) is 19.1. The van der Waals surface area contributed by atoms with Gasteiger partial charge in [-0.15, -0.1) is 0 Å². The highest BCUT2D eigenvalue weighted by Crippen LogP contribution is 2.30. The van der Waals surface area contributed by atoms with Crippen molar-refractivity contribution in [2.24, 2.45) is 0 Å². The summed E-state index contributed by atoms with van der Waals surface area (Å²) in [5.74, 6) is 0.958. The van der Waals surface area contributed by atoms with Gasteiger partial charge in [0.1, 0.15) is 18.7 Å². The van der Waals surface area contributed by atoms with Crippen LogP contribution in [0.3, 0.4) is 0 Å². The largest absolute Gasteiger partial charge is 0.463 e. The summed E-state index contributed by atoms with van der Waals surface area (Å²) in [6, 6.07) is 7.58. The van der Waals surface area contributed by atoms with Crippen molar-refractivity contribution in [1.29, 1.82) is 0 Å². The summed E-state index contributed by atoms with van der Waals surface area (Å²) in [5.41, 5.74) is 2.39. The number of aryl methyl sites for hydroxylation is 2. The smallest absolute Gasteiger partial charge is 0.287 e. The number of fused-ring (bicyclic) bond motifs is 1. The molecule has 1 amide bonds.